The lowest BCUT2D eigenvalue weighted by molar-refractivity contribution is -0.177. The van der Waals surface area contributed by atoms with Crippen molar-refractivity contribution in [3.8, 4) is 0 Å². The van der Waals surface area contributed by atoms with Crippen LogP contribution in [0.3, 0.4) is 0 Å². The SMILES string of the molecule is N[C@H]1C[C@@H](C(F)(F)F)CN(c2cccc3cccnc23)C1.c1ccc2ncccc2c1. The molecule has 31 heavy (non-hydrogen) atoms. The molecule has 1 aliphatic rings. The van der Waals surface area contributed by atoms with E-state index in [1.807, 2.05) is 54.7 Å². The van der Waals surface area contributed by atoms with Gasteiger partial charge in [0.1, 0.15) is 0 Å². The maximum Gasteiger partial charge on any atom is 0.393 e. The summed E-state index contributed by atoms with van der Waals surface area (Å²) in [5.74, 6) is -1.39. The van der Waals surface area contributed by atoms with Crippen LogP contribution in [0.4, 0.5) is 18.9 Å². The molecule has 0 amide bonds. The monoisotopic (exact) mass is 424 g/mol. The summed E-state index contributed by atoms with van der Waals surface area (Å²) in [5, 5.41) is 2.11. The predicted molar refractivity (Wildman–Crippen MR) is 118 cm³/mol. The molecule has 4 aromatic rings. The first-order chi connectivity index (χ1) is 14.9. The fourth-order valence-corrected chi connectivity index (χ4v) is 3.93. The number of para-hydroxylation sites is 2. The van der Waals surface area contributed by atoms with Crippen molar-refractivity contribution in [2.45, 2.75) is 18.6 Å². The Kier molecular flexibility index (Phi) is 6.04. The van der Waals surface area contributed by atoms with Gasteiger partial charge in [0.25, 0.3) is 0 Å². The number of benzene rings is 2. The van der Waals surface area contributed by atoms with Crippen LogP contribution < -0.4 is 10.6 Å². The highest BCUT2D eigenvalue weighted by Crippen LogP contribution is 2.36. The third kappa shape index (κ3) is 4.94. The molecule has 2 aromatic heterocycles. The van der Waals surface area contributed by atoms with E-state index in [4.69, 9.17) is 5.73 Å². The zero-order chi connectivity index (χ0) is 21.8. The van der Waals surface area contributed by atoms with Crippen molar-refractivity contribution in [2.75, 3.05) is 18.0 Å². The molecule has 1 fully saturated rings. The highest BCUT2D eigenvalue weighted by Gasteiger charge is 2.44. The van der Waals surface area contributed by atoms with Gasteiger partial charge in [-0.15, -0.1) is 0 Å². The second-order valence-electron chi connectivity index (χ2n) is 7.69. The summed E-state index contributed by atoms with van der Waals surface area (Å²) in [6.45, 7) is 0.356. The first kappa shape index (κ1) is 21.1. The number of alkyl halides is 3. The number of hydrogen-bond donors (Lipinski definition) is 1. The summed E-state index contributed by atoms with van der Waals surface area (Å²) in [6.07, 6.45) is -0.772. The van der Waals surface area contributed by atoms with E-state index in [2.05, 4.69) is 22.1 Å². The van der Waals surface area contributed by atoms with E-state index in [0.717, 1.165) is 22.1 Å². The van der Waals surface area contributed by atoms with Crippen LogP contribution in [0.5, 0.6) is 0 Å². The molecule has 2 atom stereocenters. The van der Waals surface area contributed by atoms with E-state index >= 15 is 0 Å². The molecular weight excluding hydrogens is 401 g/mol. The van der Waals surface area contributed by atoms with E-state index in [1.165, 1.54) is 5.39 Å². The summed E-state index contributed by atoms with van der Waals surface area (Å²) < 4.78 is 39.1. The van der Waals surface area contributed by atoms with E-state index < -0.39 is 18.1 Å². The lowest BCUT2D eigenvalue weighted by Crippen LogP contribution is -2.51. The van der Waals surface area contributed by atoms with Crippen molar-refractivity contribution in [1.29, 1.82) is 0 Å². The minimum atomic E-state index is -4.21. The van der Waals surface area contributed by atoms with Gasteiger partial charge >= 0.3 is 6.18 Å². The average Bonchev–Trinajstić information content (AvgIpc) is 2.78. The Morgan fingerprint density at radius 3 is 2.26 bits per heavy atom. The van der Waals surface area contributed by atoms with Gasteiger partial charge in [-0.1, -0.05) is 42.5 Å². The van der Waals surface area contributed by atoms with Gasteiger partial charge in [0.15, 0.2) is 0 Å². The Balaban J connectivity index is 0.000000192. The number of pyridine rings is 2. The summed E-state index contributed by atoms with van der Waals surface area (Å²) in [6, 6.07) is 20.9. The smallest absolute Gasteiger partial charge is 0.368 e. The minimum Gasteiger partial charge on any atom is -0.368 e. The van der Waals surface area contributed by atoms with Crippen molar-refractivity contribution in [3.05, 3.63) is 79.1 Å². The number of aromatic nitrogens is 2. The van der Waals surface area contributed by atoms with Crippen LogP contribution in [0.25, 0.3) is 21.8 Å². The predicted octanol–water partition coefficient (Wildman–Crippen LogP) is 5.19. The number of rotatable bonds is 1. The van der Waals surface area contributed by atoms with Gasteiger partial charge in [0.2, 0.25) is 0 Å². The van der Waals surface area contributed by atoms with Crippen molar-refractivity contribution >= 4 is 27.5 Å². The van der Waals surface area contributed by atoms with Crippen LogP contribution in [-0.4, -0.2) is 35.3 Å². The highest BCUT2D eigenvalue weighted by molar-refractivity contribution is 5.90. The molecule has 2 aromatic carbocycles. The lowest BCUT2D eigenvalue weighted by Gasteiger charge is -2.38. The molecule has 1 aliphatic heterocycles. The van der Waals surface area contributed by atoms with Crippen LogP contribution in [0.1, 0.15) is 6.42 Å². The van der Waals surface area contributed by atoms with Gasteiger partial charge in [-0.25, -0.2) is 0 Å². The van der Waals surface area contributed by atoms with Crippen molar-refractivity contribution < 1.29 is 13.2 Å². The zero-order valence-corrected chi connectivity index (χ0v) is 16.8. The largest absolute Gasteiger partial charge is 0.393 e. The molecular formula is C24H23F3N4. The highest BCUT2D eigenvalue weighted by atomic mass is 19.4. The average molecular weight is 424 g/mol. The molecule has 0 aliphatic carbocycles. The van der Waals surface area contributed by atoms with E-state index in [0.29, 0.717) is 6.54 Å². The summed E-state index contributed by atoms with van der Waals surface area (Å²) in [5.41, 5.74) is 8.33. The number of anilines is 1. The van der Waals surface area contributed by atoms with E-state index in [-0.39, 0.29) is 13.0 Å². The Labute approximate surface area is 178 Å². The van der Waals surface area contributed by atoms with Gasteiger partial charge in [-0.3, -0.25) is 9.97 Å². The Bertz CT molecular complexity index is 1090. The normalized spacial score (nSPS) is 19.2. The summed E-state index contributed by atoms with van der Waals surface area (Å²) in [4.78, 5) is 10.2. The quantitative estimate of drug-likeness (QED) is 0.457. The number of hydrogen-bond acceptors (Lipinski definition) is 4. The van der Waals surface area contributed by atoms with Crippen LogP contribution >= 0.6 is 0 Å². The first-order valence-electron chi connectivity index (χ1n) is 10.1. The molecule has 0 saturated carbocycles. The number of nitrogens with zero attached hydrogens (tertiary/aromatic N) is 3. The van der Waals surface area contributed by atoms with Gasteiger partial charge in [-0.05, 0) is 30.7 Å². The molecule has 160 valence electrons. The molecule has 0 unspecified atom stereocenters. The summed E-state index contributed by atoms with van der Waals surface area (Å²) in [7, 11) is 0. The maximum atomic E-state index is 13.0. The molecule has 1 saturated heterocycles. The van der Waals surface area contributed by atoms with Crippen LogP contribution in [0, 0.1) is 5.92 Å². The molecule has 3 heterocycles. The Morgan fingerprint density at radius 2 is 1.48 bits per heavy atom. The molecule has 0 spiro atoms. The molecule has 0 bridgehead atoms. The molecule has 5 rings (SSSR count). The van der Waals surface area contributed by atoms with Gasteiger partial charge in [0.05, 0.1) is 22.6 Å². The second kappa shape index (κ2) is 8.89. The maximum absolute atomic E-state index is 13.0. The number of nitrogens with two attached hydrogens (primary N) is 1. The standard InChI is InChI=1S/C15H16F3N3.C9H7N/c16-15(17,18)11-7-12(19)9-21(8-11)13-5-1-3-10-4-2-6-20-14(10)13;1-2-6-9-8(4-1)5-3-7-10-9/h1-6,11-12H,7-9,19H2;1-7H/t11-,12+;/m1./s1. The Morgan fingerprint density at radius 1 is 0.806 bits per heavy atom. The topological polar surface area (TPSA) is 55.0 Å². The van der Waals surface area contributed by atoms with Gasteiger partial charge in [-0.2, -0.15) is 13.2 Å². The number of piperidine rings is 1. The third-order valence-electron chi connectivity index (χ3n) is 5.41. The van der Waals surface area contributed by atoms with Crippen LogP contribution in [0.2, 0.25) is 0 Å². The summed E-state index contributed by atoms with van der Waals surface area (Å²) >= 11 is 0. The van der Waals surface area contributed by atoms with Crippen molar-refractivity contribution in [2.24, 2.45) is 11.7 Å². The molecule has 0 radical (unpaired) electrons. The molecule has 2 N–H and O–H groups in total. The van der Waals surface area contributed by atoms with E-state index in [1.54, 1.807) is 17.2 Å². The first-order valence-corrected chi connectivity index (χ1v) is 10.1. The lowest BCUT2D eigenvalue weighted by atomic mass is 9.93. The van der Waals surface area contributed by atoms with Gasteiger partial charge < -0.3 is 10.6 Å². The van der Waals surface area contributed by atoms with Crippen LogP contribution in [-0.2, 0) is 0 Å². The van der Waals surface area contributed by atoms with Crippen LogP contribution in [0.15, 0.2) is 79.1 Å². The Hall–Kier alpha value is -3.19. The van der Waals surface area contributed by atoms with E-state index in [9.17, 15) is 13.2 Å². The fraction of sp³-hybridized carbons (Fsp3) is 0.250. The minimum absolute atomic E-state index is 0.0157. The second-order valence-corrected chi connectivity index (χ2v) is 7.69. The number of fused-ring (bicyclic) bond motifs is 2. The van der Waals surface area contributed by atoms with Gasteiger partial charge in [0, 0.05) is 42.3 Å². The van der Waals surface area contributed by atoms with Crippen molar-refractivity contribution in [1.82, 2.24) is 9.97 Å². The molecule has 7 heteroatoms. The fourth-order valence-electron chi connectivity index (χ4n) is 3.93. The zero-order valence-electron chi connectivity index (χ0n) is 16.8. The third-order valence-corrected chi connectivity index (χ3v) is 5.41. The number of halogens is 3. The van der Waals surface area contributed by atoms with Crippen molar-refractivity contribution in [3.63, 3.8) is 0 Å². The molecule has 4 nitrogen and oxygen atoms in total.